The fourth-order valence-electron chi connectivity index (χ4n) is 2.26. The Hall–Kier alpha value is -1.18. The minimum atomic E-state index is 0.276. The Balaban J connectivity index is 2.04. The van der Waals surface area contributed by atoms with E-state index in [9.17, 15) is 0 Å². The monoisotopic (exact) mass is 366 g/mol. The van der Waals surface area contributed by atoms with Gasteiger partial charge in [0.15, 0.2) is 0 Å². The van der Waals surface area contributed by atoms with Crippen LogP contribution < -0.4 is 0 Å². The van der Waals surface area contributed by atoms with Gasteiger partial charge in [0.25, 0.3) is 0 Å². The molecule has 0 spiro atoms. The van der Waals surface area contributed by atoms with E-state index in [4.69, 9.17) is 46.4 Å². The Morgan fingerprint density at radius 3 is 1.68 bits per heavy atom. The Morgan fingerprint density at radius 2 is 1.05 bits per heavy atom. The maximum atomic E-state index is 6.29. The zero-order valence-electron chi connectivity index (χ0n) is 11.3. The average molecular weight is 368 g/mol. The molecule has 0 unspecified atom stereocenters. The highest BCUT2D eigenvalue weighted by molar-refractivity contribution is 6.52. The first-order valence-electron chi connectivity index (χ1n) is 6.57. The smallest absolute Gasteiger partial charge is 0.0800 e. The van der Waals surface area contributed by atoms with Crippen molar-refractivity contribution in [2.24, 2.45) is 0 Å². The molecule has 110 valence electrons. The molecule has 0 aromatic heterocycles. The first kappa shape index (κ1) is 15.7. The van der Waals surface area contributed by atoms with Crippen LogP contribution in [0, 0.1) is 0 Å². The van der Waals surface area contributed by atoms with Gasteiger partial charge >= 0.3 is 0 Å². The van der Waals surface area contributed by atoms with Gasteiger partial charge in [-0.25, -0.2) is 0 Å². The van der Waals surface area contributed by atoms with E-state index in [-0.39, 0.29) is 10.0 Å². The van der Waals surface area contributed by atoms with Crippen molar-refractivity contribution >= 4 is 46.4 Å². The SMILES string of the molecule is Clc1cc(-c2ccc(-c3ccccc3)cc2)c(Cl)c(Cl)c1Cl. The van der Waals surface area contributed by atoms with Gasteiger partial charge in [-0.15, -0.1) is 0 Å². The predicted octanol–water partition coefficient (Wildman–Crippen LogP) is 7.63. The summed E-state index contributed by atoms with van der Waals surface area (Å²) in [6.07, 6.45) is 0. The lowest BCUT2D eigenvalue weighted by Gasteiger charge is -2.10. The molecule has 0 saturated heterocycles. The van der Waals surface area contributed by atoms with Gasteiger partial charge in [-0.3, -0.25) is 0 Å². The highest BCUT2D eigenvalue weighted by Gasteiger charge is 2.14. The molecule has 0 bridgehead atoms. The molecule has 3 aromatic carbocycles. The van der Waals surface area contributed by atoms with Crippen LogP contribution in [0.1, 0.15) is 0 Å². The summed E-state index contributed by atoms with van der Waals surface area (Å²) in [5.74, 6) is 0. The first-order valence-corrected chi connectivity index (χ1v) is 8.08. The minimum absolute atomic E-state index is 0.276. The molecule has 3 rings (SSSR count). The van der Waals surface area contributed by atoms with Crippen LogP contribution in [-0.2, 0) is 0 Å². The lowest BCUT2D eigenvalue weighted by molar-refractivity contribution is 1.59. The Morgan fingerprint density at radius 1 is 0.500 bits per heavy atom. The summed E-state index contributed by atoms with van der Waals surface area (Å²) < 4.78 is 0. The van der Waals surface area contributed by atoms with E-state index in [1.54, 1.807) is 6.07 Å². The maximum absolute atomic E-state index is 6.29. The standard InChI is InChI=1S/C18H10Cl4/c19-15-10-14(16(20)18(22)17(15)21)13-8-6-12(7-9-13)11-4-2-1-3-5-11/h1-10H. The van der Waals surface area contributed by atoms with Crippen LogP contribution in [0.5, 0.6) is 0 Å². The van der Waals surface area contributed by atoms with Gasteiger partial charge in [-0.2, -0.15) is 0 Å². The molecule has 3 aromatic rings. The van der Waals surface area contributed by atoms with Crippen LogP contribution in [0.3, 0.4) is 0 Å². The van der Waals surface area contributed by atoms with Crippen LogP contribution in [-0.4, -0.2) is 0 Å². The summed E-state index contributed by atoms with van der Waals surface area (Å²) in [6, 6.07) is 19.9. The summed E-state index contributed by atoms with van der Waals surface area (Å²) in [7, 11) is 0. The summed E-state index contributed by atoms with van der Waals surface area (Å²) in [4.78, 5) is 0. The van der Waals surface area contributed by atoms with Gasteiger partial charge in [-0.1, -0.05) is 101 Å². The molecule has 0 saturated carbocycles. The van der Waals surface area contributed by atoms with Crippen molar-refractivity contribution in [1.29, 1.82) is 0 Å². The van der Waals surface area contributed by atoms with Crippen molar-refractivity contribution in [2.75, 3.05) is 0 Å². The molecular weight excluding hydrogens is 358 g/mol. The topological polar surface area (TPSA) is 0 Å². The number of benzene rings is 3. The second-order valence-corrected chi connectivity index (χ2v) is 6.33. The lowest BCUT2D eigenvalue weighted by Crippen LogP contribution is -1.84. The molecule has 0 fully saturated rings. The second-order valence-electron chi connectivity index (χ2n) is 4.79. The van der Waals surface area contributed by atoms with E-state index < -0.39 is 0 Å². The van der Waals surface area contributed by atoms with Gasteiger partial charge in [0.1, 0.15) is 0 Å². The van der Waals surface area contributed by atoms with E-state index in [1.807, 2.05) is 42.5 Å². The lowest BCUT2D eigenvalue weighted by atomic mass is 10.0. The molecule has 4 heteroatoms. The molecule has 0 aliphatic heterocycles. The largest absolute Gasteiger partial charge is 0.0826 e. The van der Waals surface area contributed by atoms with Crippen LogP contribution in [0.2, 0.25) is 20.1 Å². The van der Waals surface area contributed by atoms with Crippen molar-refractivity contribution in [2.45, 2.75) is 0 Å². The van der Waals surface area contributed by atoms with Crippen molar-refractivity contribution < 1.29 is 0 Å². The summed E-state index contributed by atoms with van der Waals surface area (Å²) in [6.45, 7) is 0. The number of hydrogen-bond acceptors (Lipinski definition) is 0. The molecular formula is C18H10Cl4. The van der Waals surface area contributed by atoms with E-state index >= 15 is 0 Å². The van der Waals surface area contributed by atoms with Gasteiger partial charge in [-0.05, 0) is 22.8 Å². The molecule has 0 aliphatic carbocycles. The van der Waals surface area contributed by atoms with Crippen molar-refractivity contribution in [3.63, 3.8) is 0 Å². The quantitative estimate of drug-likeness (QED) is 0.322. The van der Waals surface area contributed by atoms with Crippen LogP contribution >= 0.6 is 46.4 Å². The first-order chi connectivity index (χ1) is 10.6. The minimum Gasteiger partial charge on any atom is -0.0826 e. The summed E-state index contributed by atoms with van der Waals surface area (Å²) in [5, 5.41) is 1.35. The Labute approximate surface area is 149 Å². The molecule has 0 radical (unpaired) electrons. The van der Waals surface area contributed by atoms with Gasteiger partial charge in [0.05, 0.1) is 20.1 Å². The molecule has 0 nitrogen and oxygen atoms in total. The van der Waals surface area contributed by atoms with Gasteiger partial charge < -0.3 is 0 Å². The highest BCUT2D eigenvalue weighted by atomic mass is 35.5. The fraction of sp³-hybridized carbons (Fsp3) is 0. The normalized spacial score (nSPS) is 10.7. The highest BCUT2D eigenvalue weighted by Crippen LogP contribution is 2.42. The van der Waals surface area contributed by atoms with Crippen LogP contribution in [0.25, 0.3) is 22.3 Å². The Bertz CT molecular complexity index is 809. The zero-order valence-corrected chi connectivity index (χ0v) is 14.3. The number of halogens is 4. The summed E-state index contributed by atoms with van der Waals surface area (Å²) >= 11 is 24.5. The van der Waals surface area contributed by atoms with Crippen molar-refractivity contribution in [3.8, 4) is 22.3 Å². The number of hydrogen-bond donors (Lipinski definition) is 0. The maximum Gasteiger partial charge on any atom is 0.0800 e. The molecule has 0 aliphatic rings. The van der Waals surface area contributed by atoms with Crippen LogP contribution in [0.4, 0.5) is 0 Å². The molecule has 0 N–H and O–H groups in total. The van der Waals surface area contributed by atoms with E-state index in [2.05, 4.69) is 12.1 Å². The third kappa shape index (κ3) is 2.98. The molecule has 0 amide bonds. The fourth-order valence-corrected chi connectivity index (χ4v) is 3.17. The number of rotatable bonds is 2. The third-order valence-electron chi connectivity index (χ3n) is 3.41. The molecule has 0 atom stereocenters. The van der Waals surface area contributed by atoms with Gasteiger partial charge in [0, 0.05) is 5.56 Å². The third-order valence-corrected chi connectivity index (χ3v) is 5.16. The van der Waals surface area contributed by atoms with Crippen molar-refractivity contribution in [3.05, 3.63) is 80.8 Å². The van der Waals surface area contributed by atoms with Gasteiger partial charge in [0.2, 0.25) is 0 Å². The van der Waals surface area contributed by atoms with Crippen molar-refractivity contribution in [1.82, 2.24) is 0 Å². The van der Waals surface area contributed by atoms with Crippen LogP contribution in [0.15, 0.2) is 60.7 Å². The molecule has 22 heavy (non-hydrogen) atoms. The Kier molecular flexibility index (Phi) is 4.65. The van der Waals surface area contributed by atoms with E-state index in [0.717, 1.165) is 22.3 Å². The van der Waals surface area contributed by atoms with E-state index in [1.165, 1.54) is 0 Å². The zero-order chi connectivity index (χ0) is 15.7. The average Bonchev–Trinajstić information content (AvgIpc) is 2.57. The second kappa shape index (κ2) is 6.52. The summed E-state index contributed by atoms with van der Waals surface area (Å²) in [5.41, 5.74) is 3.99. The predicted molar refractivity (Wildman–Crippen MR) is 97.4 cm³/mol. The molecule has 0 heterocycles. The van der Waals surface area contributed by atoms with E-state index in [0.29, 0.717) is 10.0 Å².